The first-order chi connectivity index (χ1) is 5.57. The zero-order valence-electron chi connectivity index (χ0n) is 6.20. The van der Waals surface area contributed by atoms with E-state index in [4.69, 9.17) is 11.6 Å². The van der Waals surface area contributed by atoms with E-state index in [1.165, 1.54) is 0 Å². The van der Waals surface area contributed by atoms with Crippen molar-refractivity contribution in [3.63, 3.8) is 0 Å². The lowest BCUT2D eigenvalue weighted by atomic mass is 10.1. The first kappa shape index (κ1) is 9.68. The van der Waals surface area contributed by atoms with Crippen molar-refractivity contribution in [1.29, 1.82) is 0 Å². The summed E-state index contributed by atoms with van der Waals surface area (Å²) in [4.78, 5) is 10.5. The second-order valence-electron chi connectivity index (χ2n) is 2.31. The fourth-order valence-corrected chi connectivity index (χ4v) is 1.66. The van der Waals surface area contributed by atoms with Crippen LogP contribution in [-0.4, -0.2) is 6.29 Å². The minimum absolute atomic E-state index is 0.125. The molecule has 0 aliphatic rings. The average Bonchev–Trinajstić information content (AvgIpc) is 2.01. The summed E-state index contributed by atoms with van der Waals surface area (Å²) < 4.78 is 13.3. The monoisotopic (exact) mass is 250 g/mol. The average molecular weight is 251 g/mol. The first-order valence-electron chi connectivity index (χ1n) is 3.17. The van der Waals surface area contributed by atoms with Crippen LogP contribution in [-0.2, 0) is 0 Å². The van der Waals surface area contributed by atoms with Crippen molar-refractivity contribution in [2.75, 3.05) is 0 Å². The zero-order chi connectivity index (χ0) is 9.30. The highest BCUT2D eigenvalue weighted by atomic mass is 79.9. The lowest BCUT2D eigenvalue weighted by molar-refractivity contribution is 0.112. The van der Waals surface area contributed by atoms with Crippen LogP contribution in [0.15, 0.2) is 10.5 Å². The molecule has 0 radical (unpaired) electrons. The molecule has 0 saturated heterocycles. The molecule has 1 rings (SSSR count). The van der Waals surface area contributed by atoms with E-state index in [9.17, 15) is 9.18 Å². The number of carbonyl (C=O) groups is 1. The molecule has 0 aliphatic heterocycles. The minimum Gasteiger partial charge on any atom is -0.298 e. The maximum Gasteiger partial charge on any atom is 0.152 e. The van der Waals surface area contributed by atoms with Gasteiger partial charge in [0.2, 0.25) is 0 Å². The van der Waals surface area contributed by atoms with E-state index in [1.54, 1.807) is 6.92 Å². The second kappa shape index (κ2) is 3.54. The molecule has 0 saturated carbocycles. The van der Waals surface area contributed by atoms with E-state index in [0.29, 0.717) is 16.3 Å². The summed E-state index contributed by atoms with van der Waals surface area (Å²) in [6.45, 7) is 1.57. The van der Waals surface area contributed by atoms with E-state index in [0.717, 1.165) is 6.07 Å². The molecule has 1 aromatic rings. The number of hydrogen-bond acceptors (Lipinski definition) is 1. The third kappa shape index (κ3) is 1.52. The van der Waals surface area contributed by atoms with Gasteiger partial charge in [0.05, 0.1) is 5.02 Å². The fourth-order valence-electron chi connectivity index (χ4n) is 0.817. The number of benzene rings is 1. The van der Waals surface area contributed by atoms with Crippen molar-refractivity contribution in [2.45, 2.75) is 6.92 Å². The van der Waals surface area contributed by atoms with Crippen LogP contribution < -0.4 is 0 Å². The lowest BCUT2D eigenvalue weighted by Gasteiger charge is -2.04. The van der Waals surface area contributed by atoms with Crippen LogP contribution in [0.25, 0.3) is 0 Å². The van der Waals surface area contributed by atoms with Crippen LogP contribution in [0.4, 0.5) is 4.39 Å². The minimum atomic E-state index is -0.419. The lowest BCUT2D eigenvalue weighted by Crippen LogP contribution is -1.92. The molecule has 0 unspecified atom stereocenters. The standard InChI is InChI=1S/C8H5BrClFO/c1-4-7(11)2-6(10)5(3-12)8(4)9/h2-3H,1H3. The van der Waals surface area contributed by atoms with Crippen molar-refractivity contribution in [3.8, 4) is 0 Å². The van der Waals surface area contributed by atoms with Crippen molar-refractivity contribution in [1.82, 2.24) is 0 Å². The van der Waals surface area contributed by atoms with E-state index in [2.05, 4.69) is 15.9 Å². The maximum atomic E-state index is 12.9. The molecular formula is C8H5BrClFO. The summed E-state index contributed by atoms with van der Waals surface area (Å²) in [5, 5.41) is 0.125. The topological polar surface area (TPSA) is 17.1 Å². The van der Waals surface area contributed by atoms with Crippen LogP contribution in [0.3, 0.4) is 0 Å². The molecule has 1 nitrogen and oxygen atoms in total. The Hall–Kier alpha value is -0.410. The van der Waals surface area contributed by atoms with Crippen molar-refractivity contribution >= 4 is 33.8 Å². The largest absolute Gasteiger partial charge is 0.298 e. The smallest absolute Gasteiger partial charge is 0.152 e. The van der Waals surface area contributed by atoms with Gasteiger partial charge < -0.3 is 0 Å². The molecule has 0 atom stereocenters. The predicted molar refractivity (Wildman–Crippen MR) is 49.2 cm³/mol. The Morgan fingerprint density at radius 2 is 2.25 bits per heavy atom. The summed E-state index contributed by atoms with van der Waals surface area (Å²) in [5.74, 6) is -0.419. The van der Waals surface area contributed by atoms with Crippen LogP contribution >= 0.6 is 27.5 Å². The van der Waals surface area contributed by atoms with Crippen molar-refractivity contribution in [3.05, 3.63) is 32.5 Å². The third-order valence-electron chi connectivity index (χ3n) is 1.55. The van der Waals surface area contributed by atoms with Crippen molar-refractivity contribution < 1.29 is 9.18 Å². The van der Waals surface area contributed by atoms with Gasteiger partial charge in [-0.1, -0.05) is 11.6 Å². The summed E-state index contributed by atoms with van der Waals surface area (Å²) in [6.07, 6.45) is 0.596. The molecule has 0 heterocycles. The molecule has 0 aliphatic carbocycles. The Balaban J connectivity index is 3.51. The Bertz CT molecular complexity index is 338. The molecule has 4 heteroatoms. The second-order valence-corrected chi connectivity index (χ2v) is 3.51. The Morgan fingerprint density at radius 3 is 2.75 bits per heavy atom. The quantitative estimate of drug-likeness (QED) is 0.700. The Kier molecular flexibility index (Phi) is 2.85. The predicted octanol–water partition coefficient (Wildman–Crippen LogP) is 3.36. The summed E-state index contributed by atoms with van der Waals surface area (Å²) in [5.41, 5.74) is 0.678. The number of aldehydes is 1. The van der Waals surface area contributed by atoms with Gasteiger partial charge in [0.25, 0.3) is 0 Å². The molecular weight excluding hydrogens is 246 g/mol. The van der Waals surface area contributed by atoms with Gasteiger partial charge in [-0.3, -0.25) is 4.79 Å². The normalized spacial score (nSPS) is 10.0. The fraction of sp³-hybridized carbons (Fsp3) is 0.125. The van der Waals surface area contributed by atoms with Crippen LogP contribution in [0.2, 0.25) is 5.02 Å². The van der Waals surface area contributed by atoms with Crippen LogP contribution in [0.5, 0.6) is 0 Å². The Morgan fingerprint density at radius 1 is 1.67 bits per heavy atom. The Labute approximate surface area is 82.7 Å². The number of halogens is 3. The number of carbonyl (C=O) groups excluding carboxylic acids is 1. The third-order valence-corrected chi connectivity index (χ3v) is 2.89. The van der Waals surface area contributed by atoms with E-state index >= 15 is 0 Å². The van der Waals surface area contributed by atoms with Gasteiger partial charge in [-0.05, 0) is 34.5 Å². The highest BCUT2D eigenvalue weighted by Crippen LogP contribution is 2.28. The van der Waals surface area contributed by atoms with Crippen LogP contribution in [0.1, 0.15) is 15.9 Å². The first-order valence-corrected chi connectivity index (χ1v) is 4.34. The molecule has 0 N–H and O–H groups in total. The molecule has 64 valence electrons. The molecule has 1 aromatic carbocycles. The summed E-state index contributed by atoms with van der Waals surface area (Å²) >= 11 is 8.69. The molecule has 0 amide bonds. The molecule has 12 heavy (non-hydrogen) atoms. The molecule has 0 bridgehead atoms. The SMILES string of the molecule is Cc1c(F)cc(Cl)c(C=O)c1Br. The highest BCUT2D eigenvalue weighted by Gasteiger charge is 2.11. The molecule has 0 fully saturated rings. The van der Waals surface area contributed by atoms with Gasteiger partial charge in [0.15, 0.2) is 6.29 Å². The summed E-state index contributed by atoms with van der Waals surface area (Å²) in [7, 11) is 0. The van der Waals surface area contributed by atoms with Crippen LogP contribution in [0, 0.1) is 12.7 Å². The van der Waals surface area contributed by atoms with Gasteiger partial charge in [-0.15, -0.1) is 0 Å². The van der Waals surface area contributed by atoms with Gasteiger partial charge in [-0.25, -0.2) is 4.39 Å². The maximum absolute atomic E-state index is 12.9. The molecule has 0 spiro atoms. The zero-order valence-corrected chi connectivity index (χ0v) is 8.54. The summed E-state index contributed by atoms with van der Waals surface area (Å²) in [6, 6.07) is 1.13. The number of rotatable bonds is 1. The van der Waals surface area contributed by atoms with Crippen molar-refractivity contribution in [2.24, 2.45) is 0 Å². The van der Waals surface area contributed by atoms with E-state index in [-0.39, 0.29) is 10.6 Å². The number of hydrogen-bond donors (Lipinski definition) is 0. The van der Waals surface area contributed by atoms with E-state index < -0.39 is 5.82 Å². The van der Waals surface area contributed by atoms with Gasteiger partial charge in [-0.2, -0.15) is 0 Å². The van der Waals surface area contributed by atoms with Gasteiger partial charge in [0, 0.05) is 10.0 Å². The highest BCUT2D eigenvalue weighted by molar-refractivity contribution is 9.10. The van der Waals surface area contributed by atoms with E-state index in [1.807, 2.05) is 0 Å². The molecule has 0 aromatic heterocycles. The van der Waals surface area contributed by atoms with Gasteiger partial charge >= 0.3 is 0 Å². The van der Waals surface area contributed by atoms with Gasteiger partial charge in [0.1, 0.15) is 5.82 Å².